The first-order chi connectivity index (χ1) is 8.75. The van der Waals surface area contributed by atoms with E-state index in [0.717, 1.165) is 0 Å². The van der Waals surface area contributed by atoms with E-state index < -0.39 is 29.1 Å². The summed E-state index contributed by atoms with van der Waals surface area (Å²) < 4.78 is 0. The molecule has 0 saturated heterocycles. The van der Waals surface area contributed by atoms with E-state index in [2.05, 4.69) is 5.32 Å². The van der Waals surface area contributed by atoms with Crippen LogP contribution in [0, 0.1) is 17.3 Å². The van der Waals surface area contributed by atoms with Gasteiger partial charge in [0, 0.05) is 5.02 Å². The van der Waals surface area contributed by atoms with E-state index in [4.69, 9.17) is 16.7 Å². The lowest BCUT2D eigenvalue weighted by Crippen LogP contribution is -2.17. The molecule has 1 fully saturated rings. The number of amides is 1. The molecule has 0 radical (unpaired) electrons. The van der Waals surface area contributed by atoms with E-state index in [1.165, 1.54) is 18.2 Å². The average Bonchev–Trinajstić information content (AvgIpc) is 2.87. The molecule has 6 heteroatoms. The summed E-state index contributed by atoms with van der Waals surface area (Å²) in [7, 11) is 0. The van der Waals surface area contributed by atoms with Crippen molar-refractivity contribution < 1.29 is 19.8 Å². The van der Waals surface area contributed by atoms with E-state index in [1.807, 2.05) is 0 Å². The Morgan fingerprint density at radius 1 is 1.32 bits per heavy atom. The van der Waals surface area contributed by atoms with Gasteiger partial charge in [0.25, 0.3) is 0 Å². The summed E-state index contributed by atoms with van der Waals surface area (Å²) >= 11 is 5.77. The number of halogens is 1. The SMILES string of the molecule is CC1(C)C(C(=O)O)C1C(=O)Nc1cc(Cl)ccc1O. The molecule has 0 heterocycles. The Hall–Kier alpha value is -1.75. The molecule has 2 rings (SSSR count). The molecule has 0 aliphatic heterocycles. The molecule has 3 N–H and O–H groups in total. The minimum Gasteiger partial charge on any atom is -0.506 e. The fourth-order valence-electron chi connectivity index (χ4n) is 2.41. The van der Waals surface area contributed by atoms with Crippen LogP contribution in [0.25, 0.3) is 0 Å². The van der Waals surface area contributed by atoms with Crippen molar-refractivity contribution in [2.45, 2.75) is 13.8 Å². The van der Waals surface area contributed by atoms with Gasteiger partial charge in [-0.25, -0.2) is 0 Å². The van der Waals surface area contributed by atoms with E-state index in [9.17, 15) is 14.7 Å². The first kappa shape index (κ1) is 13.7. The van der Waals surface area contributed by atoms with Crippen molar-refractivity contribution >= 4 is 29.2 Å². The topological polar surface area (TPSA) is 86.6 Å². The molecule has 1 aliphatic carbocycles. The monoisotopic (exact) mass is 283 g/mol. The van der Waals surface area contributed by atoms with E-state index in [0.29, 0.717) is 5.02 Å². The summed E-state index contributed by atoms with van der Waals surface area (Å²) in [5.74, 6) is -2.82. The smallest absolute Gasteiger partial charge is 0.307 e. The first-order valence-electron chi connectivity index (χ1n) is 5.77. The molecule has 0 spiro atoms. The fraction of sp³-hybridized carbons (Fsp3) is 0.385. The summed E-state index contributed by atoms with van der Waals surface area (Å²) in [6.45, 7) is 3.46. The van der Waals surface area contributed by atoms with Crippen LogP contribution in [0.2, 0.25) is 5.02 Å². The second kappa shape index (κ2) is 4.42. The summed E-state index contributed by atoms with van der Waals surface area (Å²) in [5, 5.41) is 21.5. The largest absolute Gasteiger partial charge is 0.506 e. The Kier molecular flexibility index (Phi) is 3.18. The Balaban J connectivity index is 2.15. The lowest BCUT2D eigenvalue weighted by molar-refractivity contribution is -0.140. The minimum atomic E-state index is -0.986. The number of phenolic OH excluding ortho intramolecular Hbond substituents is 1. The molecule has 5 nitrogen and oxygen atoms in total. The quantitative estimate of drug-likeness (QED) is 0.743. The van der Waals surface area contributed by atoms with Crippen LogP contribution in [0.3, 0.4) is 0 Å². The van der Waals surface area contributed by atoms with Crippen molar-refractivity contribution in [1.82, 2.24) is 0 Å². The summed E-state index contributed by atoms with van der Waals surface area (Å²) in [5.41, 5.74) is -0.395. The molecule has 1 amide bonds. The molecule has 1 aromatic rings. The highest BCUT2D eigenvalue weighted by atomic mass is 35.5. The molecule has 1 aliphatic rings. The van der Waals surface area contributed by atoms with E-state index in [1.54, 1.807) is 13.8 Å². The zero-order valence-corrected chi connectivity index (χ0v) is 11.2. The van der Waals surface area contributed by atoms with Crippen LogP contribution in [0.5, 0.6) is 5.75 Å². The van der Waals surface area contributed by atoms with Crippen LogP contribution in [0.15, 0.2) is 18.2 Å². The molecule has 102 valence electrons. The highest BCUT2D eigenvalue weighted by Crippen LogP contribution is 2.58. The molecule has 19 heavy (non-hydrogen) atoms. The normalized spacial score (nSPS) is 23.7. The molecule has 0 aromatic heterocycles. The van der Waals surface area contributed by atoms with Gasteiger partial charge >= 0.3 is 5.97 Å². The van der Waals surface area contributed by atoms with E-state index in [-0.39, 0.29) is 11.4 Å². The number of nitrogens with one attached hydrogen (secondary N) is 1. The number of phenols is 1. The third-order valence-corrected chi connectivity index (χ3v) is 3.83. The Bertz CT molecular complexity index is 556. The van der Waals surface area contributed by atoms with Crippen LogP contribution in [-0.2, 0) is 9.59 Å². The molecule has 2 atom stereocenters. The van der Waals surface area contributed by atoms with Crippen LogP contribution in [0.4, 0.5) is 5.69 Å². The zero-order valence-electron chi connectivity index (χ0n) is 10.5. The van der Waals surface area contributed by atoms with Crippen molar-refractivity contribution in [1.29, 1.82) is 0 Å². The standard InChI is InChI=1S/C13H14ClNO4/c1-13(2)9(10(13)12(18)19)11(17)15-7-5-6(14)3-4-8(7)16/h3-5,9-10,16H,1-2H3,(H,15,17)(H,18,19). The van der Waals surface area contributed by atoms with E-state index >= 15 is 0 Å². The average molecular weight is 284 g/mol. The van der Waals surface area contributed by atoms with Gasteiger partial charge in [0.1, 0.15) is 5.75 Å². The molecule has 1 saturated carbocycles. The van der Waals surface area contributed by atoms with Gasteiger partial charge in [0.2, 0.25) is 5.91 Å². The number of carboxylic acid groups (broad SMARTS) is 1. The van der Waals surface area contributed by atoms with Crippen LogP contribution < -0.4 is 5.32 Å². The third-order valence-electron chi connectivity index (χ3n) is 3.59. The number of anilines is 1. The second-order valence-corrected chi connectivity index (χ2v) is 5.70. The van der Waals surface area contributed by atoms with Crippen LogP contribution in [-0.4, -0.2) is 22.1 Å². The van der Waals surface area contributed by atoms with Crippen molar-refractivity contribution in [3.8, 4) is 5.75 Å². The Labute approximate surface area is 115 Å². The third kappa shape index (κ3) is 2.38. The molecule has 2 unspecified atom stereocenters. The van der Waals surface area contributed by atoms with Crippen molar-refractivity contribution in [3.05, 3.63) is 23.2 Å². The zero-order chi connectivity index (χ0) is 14.4. The maximum Gasteiger partial charge on any atom is 0.307 e. The number of aromatic hydroxyl groups is 1. The van der Waals surface area contributed by atoms with Crippen molar-refractivity contribution in [3.63, 3.8) is 0 Å². The van der Waals surface area contributed by atoms with Gasteiger partial charge in [-0.2, -0.15) is 0 Å². The van der Waals surface area contributed by atoms with Gasteiger partial charge in [-0.15, -0.1) is 0 Å². The number of hydrogen-bond donors (Lipinski definition) is 3. The Morgan fingerprint density at radius 3 is 2.47 bits per heavy atom. The second-order valence-electron chi connectivity index (χ2n) is 5.27. The number of carbonyl (C=O) groups is 2. The molecular formula is C13H14ClNO4. The van der Waals surface area contributed by atoms with Crippen LogP contribution in [0.1, 0.15) is 13.8 Å². The highest BCUT2D eigenvalue weighted by Gasteiger charge is 2.65. The van der Waals surface area contributed by atoms with Gasteiger partial charge in [0.05, 0.1) is 17.5 Å². The number of carboxylic acids is 1. The fourth-order valence-corrected chi connectivity index (χ4v) is 2.58. The van der Waals surface area contributed by atoms with Gasteiger partial charge in [0.15, 0.2) is 0 Å². The molecule has 1 aromatic carbocycles. The number of hydrogen-bond acceptors (Lipinski definition) is 3. The summed E-state index contributed by atoms with van der Waals surface area (Å²) in [6.07, 6.45) is 0. The lowest BCUT2D eigenvalue weighted by atomic mass is 10.1. The number of benzene rings is 1. The van der Waals surface area contributed by atoms with Gasteiger partial charge in [-0.1, -0.05) is 25.4 Å². The molecular weight excluding hydrogens is 270 g/mol. The van der Waals surface area contributed by atoms with Gasteiger partial charge < -0.3 is 15.5 Å². The number of aliphatic carboxylic acids is 1. The predicted molar refractivity (Wildman–Crippen MR) is 70.1 cm³/mol. The number of carbonyl (C=O) groups excluding carboxylic acids is 1. The van der Waals surface area contributed by atoms with Crippen LogP contribution >= 0.6 is 11.6 Å². The maximum atomic E-state index is 12.0. The maximum absolute atomic E-state index is 12.0. The summed E-state index contributed by atoms with van der Waals surface area (Å²) in [6, 6.07) is 4.28. The van der Waals surface area contributed by atoms with Crippen molar-refractivity contribution in [2.24, 2.45) is 17.3 Å². The predicted octanol–water partition coefficient (Wildman–Crippen LogP) is 2.34. The van der Waals surface area contributed by atoms with Crippen molar-refractivity contribution in [2.75, 3.05) is 5.32 Å². The Morgan fingerprint density at radius 2 is 1.95 bits per heavy atom. The highest BCUT2D eigenvalue weighted by molar-refractivity contribution is 6.31. The lowest BCUT2D eigenvalue weighted by Gasteiger charge is -2.08. The molecule has 0 bridgehead atoms. The van der Waals surface area contributed by atoms with Gasteiger partial charge in [-0.3, -0.25) is 9.59 Å². The summed E-state index contributed by atoms with van der Waals surface area (Å²) in [4.78, 5) is 23.1. The minimum absolute atomic E-state index is 0.108. The number of rotatable bonds is 3. The van der Waals surface area contributed by atoms with Gasteiger partial charge in [-0.05, 0) is 23.6 Å². The first-order valence-corrected chi connectivity index (χ1v) is 6.15.